The quantitative estimate of drug-likeness (QED) is 0.345. The second kappa shape index (κ2) is 8.66. The van der Waals surface area contributed by atoms with Crippen molar-refractivity contribution in [2.24, 2.45) is 4.99 Å². The van der Waals surface area contributed by atoms with E-state index in [1.54, 1.807) is 0 Å². The van der Waals surface area contributed by atoms with Crippen LogP contribution < -0.4 is 4.80 Å². The summed E-state index contributed by atoms with van der Waals surface area (Å²) in [5, 5.41) is 11.0. The van der Waals surface area contributed by atoms with Gasteiger partial charge in [0.05, 0.1) is 34.9 Å². The Kier molecular flexibility index (Phi) is 6.02. The summed E-state index contributed by atoms with van der Waals surface area (Å²) < 4.78 is 11.2. The molecule has 0 atom stereocenters. The number of thiazole rings is 1. The molecule has 3 aromatic rings. The Labute approximate surface area is 173 Å². The summed E-state index contributed by atoms with van der Waals surface area (Å²) in [5.74, 6) is -1.71. The Morgan fingerprint density at radius 1 is 1.07 bits per heavy atom. The van der Waals surface area contributed by atoms with Crippen LogP contribution in [0.25, 0.3) is 10.2 Å². The zero-order valence-corrected chi connectivity index (χ0v) is 16.7. The van der Waals surface area contributed by atoms with Gasteiger partial charge in [-0.05, 0) is 30.3 Å². The molecule has 0 N–H and O–H groups in total. The molecular formula is C19H15N3O7S. The van der Waals surface area contributed by atoms with Crippen molar-refractivity contribution >= 4 is 45.1 Å². The molecule has 0 radical (unpaired) electrons. The number of amides is 1. The summed E-state index contributed by atoms with van der Waals surface area (Å²) in [5.41, 5.74) is 0.883. The van der Waals surface area contributed by atoms with Crippen molar-refractivity contribution in [3.63, 3.8) is 0 Å². The van der Waals surface area contributed by atoms with Crippen LogP contribution in [-0.2, 0) is 20.8 Å². The molecular weight excluding hydrogens is 414 g/mol. The highest BCUT2D eigenvalue weighted by atomic mass is 32.1. The lowest BCUT2D eigenvalue weighted by molar-refractivity contribution is -0.384. The first-order chi connectivity index (χ1) is 14.3. The molecule has 0 aliphatic carbocycles. The number of ether oxygens (including phenoxy) is 2. The first-order valence-corrected chi connectivity index (χ1v) is 9.27. The highest BCUT2D eigenvalue weighted by Gasteiger charge is 2.16. The van der Waals surface area contributed by atoms with Gasteiger partial charge in [-0.1, -0.05) is 11.3 Å². The van der Waals surface area contributed by atoms with Crippen molar-refractivity contribution in [2.45, 2.75) is 6.54 Å². The van der Waals surface area contributed by atoms with Gasteiger partial charge in [-0.2, -0.15) is 4.99 Å². The predicted molar refractivity (Wildman–Crippen MR) is 106 cm³/mol. The molecule has 1 amide bonds. The number of carbonyl (C=O) groups excluding carboxylic acids is 3. The number of nitro groups is 1. The first kappa shape index (κ1) is 20.9. The number of hydrogen-bond donors (Lipinski definition) is 0. The number of nitrogens with zero attached hydrogens (tertiary/aromatic N) is 3. The number of nitro benzene ring substituents is 1. The van der Waals surface area contributed by atoms with Crippen LogP contribution in [0.15, 0.2) is 47.5 Å². The molecule has 1 heterocycles. The molecule has 3 rings (SSSR count). The normalized spacial score (nSPS) is 11.3. The number of rotatable bonds is 5. The van der Waals surface area contributed by atoms with Crippen LogP contribution in [-0.4, -0.2) is 41.6 Å². The maximum absolute atomic E-state index is 12.6. The Balaban J connectivity index is 2.07. The third kappa shape index (κ3) is 4.25. The van der Waals surface area contributed by atoms with Crippen molar-refractivity contribution in [1.29, 1.82) is 0 Å². The average Bonchev–Trinajstić information content (AvgIpc) is 3.08. The van der Waals surface area contributed by atoms with Crippen molar-refractivity contribution in [2.75, 3.05) is 14.2 Å². The second-order valence-corrected chi connectivity index (χ2v) is 6.95. The molecule has 0 spiro atoms. The van der Waals surface area contributed by atoms with E-state index in [2.05, 4.69) is 9.73 Å². The molecule has 0 aliphatic rings. The number of esters is 2. The van der Waals surface area contributed by atoms with Gasteiger partial charge in [0, 0.05) is 17.7 Å². The number of non-ortho nitro benzene ring substituents is 1. The first-order valence-electron chi connectivity index (χ1n) is 8.46. The molecule has 30 heavy (non-hydrogen) atoms. The highest BCUT2D eigenvalue weighted by Crippen LogP contribution is 2.23. The largest absolute Gasteiger partial charge is 0.468 e. The lowest BCUT2D eigenvalue weighted by atomic mass is 10.1. The van der Waals surface area contributed by atoms with Crippen LogP contribution in [0, 0.1) is 10.1 Å². The minimum absolute atomic E-state index is 0.120. The molecule has 154 valence electrons. The second-order valence-electron chi connectivity index (χ2n) is 5.94. The minimum Gasteiger partial charge on any atom is -0.468 e. The standard InChI is InChI=1S/C19H15N3O7S/c1-28-16(23)10-21-14-8-7-13(22(26)27)9-15(14)30-19(21)20-17(24)11-3-5-12(6-4-11)18(25)29-2/h3-9H,10H2,1-2H3. The molecule has 0 aliphatic heterocycles. The van der Waals surface area contributed by atoms with Gasteiger partial charge in [0.1, 0.15) is 6.54 Å². The van der Waals surface area contributed by atoms with E-state index in [1.165, 1.54) is 61.3 Å². The van der Waals surface area contributed by atoms with E-state index in [0.717, 1.165) is 11.3 Å². The van der Waals surface area contributed by atoms with Gasteiger partial charge in [-0.25, -0.2) is 4.79 Å². The van der Waals surface area contributed by atoms with Crippen LogP contribution in [0.4, 0.5) is 5.69 Å². The highest BCUT2D eigenvalue weighted by molar-refractivity contribution is 7.16. The molecule has 2 aromatic carbocycles. The minimum atomic E-state index is -0.605. The van der Waals surface area contributed by atoms with E-state index in [9.17, 15) is 24.5 Å². The summed E-state index contributed by atoms with van der Waals surface area (Å²) in [6.45, 7) is -0.221. The maximum Gasteiger partial charge on any atom is 0.337 e. The smallest absolute Gasteiger partial charge is 0.337 e. The van der Waals surface area contributed by atoms with Gasteiger partial charge in [0.25, 0.3) is 11.6 Å². The molecule has 0 saturated heterocycles. The monoisotopic (exact) mass is 429 g/mol. The zero-order valence-electron chi connectivity index (χ0n) is 15.9. The molecule has 1 aromatic heterocycles. The van der Waals surface area contributed by atoms with Crippen molar-refractivity contribution in [1.82, 2.24) is 4.57 Å². The number of carbonyl (C=O) groups is 3. The Morgan fingerprint density at radius 2 is 1.73 bits per heavy atom. The fourth-order valence-electron chi connectivity index (χ4n) is 2.63. The third-order valence-electron chi connectivity index (χ3n) is 4.14. The van der Waals surface area contributed by atoms with Gasteiger partial charge < -0.3 is 14.0 Å². The number of methoxy groups -OCH3 is 2. The SMILES string of the molecule is COC(=O)Cn1c(=NC(=O)c2ccc(C(=O)OC)cc2)sc2cc([N+](=O)[O-])ccc21. The van der Waals surface area contributed by atoms with Crippen molar-refractivity contribution in [3.05, 3.63) is 68.5 Å². The number of benzene rings is 2. The van der Waals surface area contributed by atoms with Crippen LogP contribution in [0.1, 0.15) is 20.7 Å². The van der Waals surface area contributed by atoms with Crippen LogP contribution in [0.2, 0.25) is 0 Å². The van der Waals surface area contributed by atoms with Gasteiger partial charge in [-0.3, -0.25) is 19.7 Å². The molecule has 0 unspecified atom stereocenters. The lowest BCUT2D eigenvalue weighted by Crippen LogP contribution is -2.22. The summed E-state index contributed by atoms with van der Waals surface area (Å²) in [7, 11) is 2.48. The van der Waals surface area contributed by atoms with Crippen LogP contribution >= 0.6 is 11.3 Å². The van der Waals surface area contributed by atoms with Crippen LogP contribution in [0.5, 0.6) is 0 Å². The van der Waals surface area contributed by atoms with E-state index in [4.69, 9.17) is 4.74 Å². The number of hydrogen-bond acceptors (Lipinski definition) is 8. The van der Waals surface area contributed by atoms with Crippen molar-refractivity contribution in [3.8, 4) is 0 Å². The van der Waals surface area contributed by atoms with Crippen LogP contribution in [0.3, 0.4) is 0 Å². The number of aromatic nitrogens is 1. The van der Waals surface area contributed by atoms with E-state index >= 15 is 0 Å². The van der Waals surface area contributed by atoms with Gasteiger partial charge in [0.2, 0.25) is 0 Å². The molecule has 0 saturated carbocycles. The average molecular weight is 429 g/mol. The molecule has 10 nitrogen and oxygen atoms in total. The molecule has 0 fully saturated rings. The lowest BCUT2D eigenvalue weighted by Gasteiger charge is -2.03. The molecule has 0 bridgehead atoms. The van der Waals surface area contributed by atoms with Gasteiger partial charge in [-0.15, -0.1) is 0 Å². The fraction of sp³-hybridized carbons (Fsp3) is 0.158. The summed E-state index contributed by atoms with van der Waals surface area (Å²) >= 11 is 1.03. The topological polar surface area (TPSA) is 130 Å². The van der Waals surface area contributed by atoms with Crippen molar-refractivity contribution < 1.29 is 28.8 Å². The Morgan fingerprint density at radius 3 is 2.33 bits per heavy atom. The Bertz CT molecular complexity index is 1230. The maximum atomic E-state index is 12.6. The van der Waals surface area contributed by atoms with Gasteiger partial charge in [0.15, 0.2) is 4.80 Å². The van der Waals surface area contributed by atoms with Gasteiger partial charge >= 0.3 is 11.9 Å². The van der Waals surface area contributed by atoms with E-state index in [1.807, 2.05) is 0 Å². The molecule has 11 heteroatoms. The van der Waals surface area contributed by atoms with E-state index < -0.39 is 22.8 Å². The predicted octanol–water partition coefficient (Wildman–Crippen LogP) is 2.31. The summed E-state index contributed by atoms with van der Waals surface area (Å²) in [6, 6.07) is 9.88. The summed E-state index contributed by atoms with van der Waals surface area (Å²) in [4.78, 5) is 50.7. The zero-order chi connectivity index (χ0) is 21.8. The van der Waals surface area contributed by atoms with E-state index in [0.29, 0.717) is 10.2 Å². The number of fused-ring (bicyclic) bond motifs is 1. The third-order valence-corrected chi connectivity index (χ3v) is 5.18. The Hall–Kier alpha value is -3.86. The fourth-order valence-corrected chi connectivity index (χ4v) is 3.69. The van der Waals surface area contributed by atoms with E-state index in [-0.39, 0.29) is 28.2 Å². The summed E-state index contributed by atoms with van der Waals surface area (Å²) in [6.07, 6.45) is 0.